The number of carbonyl (C=O) groups excluding carboxylic acids is 1. The Bertz CT molecular complexity index is 624. The quantitative estimate of drug-likeness (QED) is 0.808. The normalized spacial score (nSPS) is 18.0. The second kappa shape index (κ2) is 7.64. The molecular formula is C16H22ClN3O3. The van der Waals surface area contributed by atoms with Crippen molar-refractivity contribution in [3.05, 3.63) is 22.5 Å². The molecule has 0 spiro atoms. The molecular weight excluding hydrogens is 318 g/mol. The van der Waals surface area contributed by atoms with Gasteiger partial charge < -0.3 is 10.0 Å². The number of hydrogen-bond donors (Lipinski definition) is 1. The van der Waals surface area contributed by atoms with Crippen LogP contribution < -0.4 is 0 Å². The van der Waals surface area contributed by atoms with E-state index < -0.39 is 12.0 Å². The largest absolute Gasteiger partial charge is 0.480 e. The Morgan fingerprint density at radius 1 is 1.48 bits per heavy atom. The predicted molar refractivity (Wildman–Crippen MR) is 88.3 cm³/mol. The molecule has 1 aliphatic rings. The highest BCUT2D eigenvalue weighted by Crippen LogP contribution is 2.23. The minimum Gasteiger partial charge on any atom is -0.480 e. The van der Waals surface area contributed by atoms with Gasteiger partial charge in [-0.2, -0.15) is 5.10 Å². The van der Waals surface area contributed by atoms with Crippen molar-refractivity contribution in [2.45, 2.75) is 52.1 Å². The average molecular weight is 340 g/mol. The van der Waals surface area contributed by atoms with E-state index in [2.05, 4.69) is 12.0 Å². The summed E-state index contributed by atoms with van der Waals surface area (Å²) in [6, 6.07) is -0.726. The Morgan fingerprint density at radius 2 is 2.22 bits per heavy atom. The van der Waals surface area contributed by atoms with Crippen LogP contribution in [-0.2, 0) is 16.1 Å². The van der Waals surface area contributed by atoms with Crippen LogP contribution in [0.15, 0.2) is 6.08 Å². The maximum Gasteiger partial charge on any atom is 0.326 e. The first-order valence-corrected chi connectivity index (χ1v) is 8.27. The smallest absolute Gasteiger partial charge is 0.326 e. The van der Waals surface area contributed by atoms with Crippen LogP contribution in [0.3, 0.4) is 0 Å². The number of aromatic nitrogens is 2. The topological polar surface area (TPSA) is 75.4 Å². The van der Waals surface area contributed by atoms with Gasteiger partial charge in [-0.05, 0) is 32.3 Å². The van der Waals surface area contributed by atoms with Gasteiger partial charge in [0.25, 0.3) is 0 Å². The van der Waals surface area contributed by atoms with Crippen molar-refractivity contribution in [3.63, 3.8) is 0 Å². The lowest BCUT2D eigenvalue weighted by atomic mass is 10.2. The van der Waals surface area contributed by atoms with Gasteiger partial charge >= 0.3 is 5.97 Å². The van der Waals surface area contributed by atoms with Crippen LogP contribution in [0, 0.1) is 6.92 Å². The molecule has 1 N–H and O–H groups in total. The highest BCUT2D eigenvalue weighted by Gasteiger charge is 2.32. The van der Waals surface area contributed by atoms with E-state index in [-0.39, 0.29) is 5.91 Å². The summed E-state index contributed by atoms with van der Waals surface area (Å²) in [6.45, 7) is 5.15. The van der Waals surface area contributed by atoms with E-state index in [4.69, 9.17) is 16.7 Å². The molecule has 0 unspecified atom stereocenters. The number of unbranched alkanes of at least 4 members (excludes halogenated alkanes) is 1. The molecule has 1 aromatic rings. The van der Waals surface area contributed by atoms with Crippen molar-refractivity contribution >= 4 is 29.6 Å². The van der Waals surface area contributed by atoms with E-state index in [1.54, 1.807) is 10.8 Å². The van der Waals surface area contributed by atoms with Gasteiger partial charge in [-0.25, -0.2) is 4.79 Å². The Kier molecular flexibility index (Phi) is 5.82. The lowest BCUT2D eigenvalue weighted by molar-refractivity contribution is -0.146. The summed E-state index contributed by atoms with van der Waals surface area (Å²) < 4.78 is 1.74. The Balaban J connectivity index is 2.12. The van der Waals surface area contributed by atoms with Gasteiger partial charge in [-0.3, -0.25) is 9.48 Å². The van der Waals surface area contributed by atoms with Crippen molar-refractivity contribution < 1.29 is 14.7 Å². The summed E-state index contributed by atoms with van der Waals surface area (Å²) in [5.41, 5.74) is 1.47. The number of likely N-dealkylation sites (tertiary alicyclic amines) is 1. The van der Waals surface area contributed by atoms with Crippen LogP contribution in [0.2, 0.25) is 5.15 Å². The average Bonchev–Trinajstić information content (AvgIpc) is 3.09. The van der Waals surface area contributed by atoms with Crippen LogP contribution in [0.4, 0.5) is 0 Å². The molecule has 1 amide bonds. The van der Waals surface area contributed by atoms with Crippen molar-refractivity contribution in [1.29, 1.82) is 0 Å². The zero-order valence-corrected chi connectivity index (χ0v) is 14.2. The van der Waals surface area contributed by atoms with Crippen molar-refractivity contribution in [3.8, 4) is 0 Å². The van der Waals surface area contributed by atoms with Gasteiger partial charge in [-0.1, -0.05) is 24.9 Å². The fourth-order valence-corrected chi connectivity index (χ4v) is 3.07. The van der Waals surface area contributed by atoms with Crippen LogP contribution >= 0.6 is 11.6 Å². The highest BCUT2D eigenvalue weighted by molar-refractivity contribution is 6.31. The third kappa shape index (κ3) is 3.93. The summed E-state index contributed by atoms with van der Waals surface area (Å²) in [7, 11) is 0. The first kappa shape index (κ1) is 17.5. The van der Waals surface area contributed by atoms with Crippen LogP contribution in [0.5, 0.6) is 0 Å². The molecule has 7 heteroatoms. The molecule has 1 fully saturated rings. The van der Waals surface area contributed by atoms with Crippen molar-refractivity contribution in [2.24, 2.45) is 0 Å². The van der Waals surface area contributed by atoms with Crippen molar-refractivity contribution in [1.82, 2.24) is 14.7 Å². The van der Waals surface area contributed by atoms with Gasteiger partial charge in [0.05, 0.1) is 5.69 Å². The zero-order valence-electron chi connectivity index (χ0n) is 13.5. The monoisotopic (exact) mass is 339 g/mol. The van der Waals surface area contributed by atoms with Gasteiger partial charge in [0.1, 0.15) is 11.2 Å². The zero-order chi connectivity index (χ0) is 17.0. The fraction of sp³-hybridized carbons (Fsp3) is 0.562. The molecule has 0 aromatic carbocycles. The highest BCUT2D eigenvalue weighted by atomic mass is 35.5. The van der Waals surface area contributed by atoms with Gasteiger partial charge in [-0.15, -0.1) is 0 Å². The first-order valence-electron chi connectivity index (χ1n) is 7.90. The number of carbonyl (C=O) groups is 2. The Hall–Kier alpha value is -1.82. The van der Waals surface area contributed by atoms with Crippen LogP contribution in [-0.4, -0.2) is 44.3 Å². The van der Waals surface area contributed by atoms with Crippen LogP contribution in [0.1, 0.15) is 43.9 Å². The second-order valence-corrected chi connectivity index (χ2v) is 6.09. The van der Waals surface area contributed by atoms with E-state index in [1.165, 1.54) is 11.0 Å². The summed E-state index contributed by atoms with van der Waals surface area (Å²) in [5.74, 6) is -1.25. The molecule has 1 atom stereocenters. The maximum absolute atomic E-state index is 12.2. The SMILES string of the molecule is CCCCn1nc(C)c(/C=C/C(=O)N2CCC[C@@H]2C(=O)O)c1Cl. The third-order valence-corrected chi connectivity index (χ3v) is 4.45. The minimum absolute atomic E-state index is 0.299. The lowest BCUT2D eigenvalue weighted by Crippen LogP contribution is -2.39. The molecule has 0 saturated carbocycles. The molecule has 1 saturated heterocycles. The van der Waals surface area contributed by atoms with Crippen LogP contribution in [0.25, 0.3) is 6.08 Å². The molecule has 0 radical (unpaired) electrons. The predicted octanol–water partition coefficient (Wildman–Crippen LogP) is 2.73. The molecule has 126 valence electrons. The maximum atomic E-state index is 12.2. The summed E-state index contributed by atoms with van der Waals surface area (Å²) in [4.78, 5) is 24.8. The number of carboxylic acid groups (broad SMARTS) is 1. The van der Waals surface area contributed by atoms with Gasteiger partial charge in [0.2, 0.25) is 5.91 Å². The Labute approximate surface area is 140 Å². The van der Waals surface area contributed by atoms with Gasteiger partial charge in [0, 0.05) is 24.7 Å². The van der Waals surface area contributed by atoms with Crippen molar-refractivity contribution in [2.75, 3.05) is 6.54 Å². The number of aryl methyl sites for hydroxylation is 2. The van der Waals surface area contributed by atoms with E-state index in [0.29, 0.717) is 30.1 Å². The second-order valence-electron chi connectivity index (χ2n) is 5.73. The summed E-state index contributed by atoms with van der Waals surface area (Å²) in [6.07, 6.45) is 6.27. The molecule has 23 heavy (non-hydrogen) atoms. The molecule has 2 rings (SSSR count). The number of carboxylic acids is 1. The molecule has 1 aromatic heterocycles. The summed E-state index contributed by atoms with van der Waals surface area (Å²) >= 11 is 6.32. The first-order chi connectivity index (χ1) is 11.0. The number of halogens is 1. The number of aliphatic carboxylic acids is 1. The molecule has 2 heterocycles. The summed E-state index contributed by atoms with van der Waals surface area (Å²) in [5, 5.41) is 14.0. The van der Waals surface area contributed by atoms with E-state index in [0.717, 1.165) is 25.1 Å². The van der Waals surface area contributed by atoms with E-state index in [9.17, 15) is 9.59 Å². The minimum atomic E-state index is -0.953. The molecule has 6 nitrogen and oxygen atoms in total. The third-order valence-electron chi connectivity index (χ3n) is 4.05. The fourth-order valence-electron chi connectivity index (χ4n) is 2.75. The number of hydrogen-bond acceptors (Lipinski definition) is 3. The molecule has 0 aliphatic carbocycles. The Morgan fingerprint density at radius 3 is 2.87 bits per heavy atom. The number of rotatable bonds is 6. The van der Waals surface area contributed by atoms with Gasteiger partial charge in [0.15, 0.2) is 0 Å². The molecule has 0 bridgehead atoms. The lowest BCUT2D eigenvalue weighted by Gasteiger charge is -2.19. The number of nitrogens with zero attached hydrogens (tertiary/aromatic N) is 3. The standard InChI is InChI=1S/C16H22ClN3O3/c1-3-4-10-20-15(17)12(11(2)18-20)7-8-14(21)19-9-5-6-13(19)16(22)23/h7-8,13H,3-6,9-10H2,1-2H3,(H,22,23)/b8-7+/t13-/m1/s1. The number of amides is 1. The van der Waals surface area contributed by atoms with E-state index >= 15 is 0 Å². The van der Waals surface area contributed by atoms with E-state index in [1.807, 2.05) is 6.92 Å². The molecule has 1 aliphatic heterocycles.